The first-order valence-electron chi connectivity index (χ1n) is 12.7. The molecule has 4 aliphatic carbocycles. The summed E-state index contributed by atoms with van der Waals surface area (Å²) < 4.78 is 0. The predicted octanol–water partition coefficient (Wildman–Crippen LogP) is 5.02. The molecule has 0 unspecified atom stereocenters. The molecule has 11 atom stereocenters. The van der Waals surface area contributed by atoms with Gasteiger partial charge in [-0.25, -0.2) is 0 Å². The Balaban J connectivity index is 1.63. The zero-order chi connectivity index (χ0) is 21.0. The first-order chi connectivity index (χ1) is 13.8. The third-order valence-corrected chi connectivity index (χ3v) is 11.0. The molecule has 0 aromatic carbocycles. The molecule has 3 N–H and O–H groups in total. The molecule has 29 heavy (non-hydrogen) atoms. The molecule has 0 aliphatic heterocycles. The smallest absolute Gasteiger partial charge is 0.0605 e. The lowest BCUT2D eigenvalue weighted by Crippen LogP contribution is -2.62. The van der Waals surface area contributed by atoms with Gasteiger partial charge in [0, 0.05) is 6.61 Å². The molecule has 4 fully saturated rings. The van der Waals surface area contributed by atoms with E-state index in [9.17, 15) is 15.3 Å². The van der Waals surface area contributed by atoms with E-state index in [1.807, 2.05) is 0 Å². The first kappa shape index (κ1) is 22.1. The van der Waals surface area contributed by atoms with Crippen molar-refractivity contribution >= 4 is 0 Å². The van der Waals surface area contributed by atoms with Crippen LogP contribution in [-0.2, 0) is 0 Å². The Hall–Kier alpha value is -0.120. The summed E-state index contributed by atoms with van der Waals surface area (Å²) in [5, 5.41) is 31.4. The van der Waals surface area contributed by atoms with Gasteiger partial charge >= 0.3 is 0 Å². The highest BCUT2D eigenvalue weighted by atomic mass is 16.3. The molecule has 0 aromatic heterocycles. The molecule has 3 nitrogen and oxygen atoms in total. The fourth-order valence-electron chi connectivity index (χ4n) is 9.55. The molecule has 0 bridgehead atoms. The van der Waals surface area contributed by atoms with E-state index in [4.69, 9.17) is 0 Å². The summed E-state index contributed by atoms with van der Waals surface area (Å²) in [5.74, 6) is 3.97. The van der Waals surface area contributed by atoms with Gasteiger partial charge in [0.15, 0.2) is 0 Å². The molecule has 3 heteroatoms. The van der Waals surface area contributed by atoms with Gasteiger partial charge in [-0.2, -0.15) is 0 Å². The molecule has 0 saturated heterocycles. The van der Waals surface area contributed by atoms with Crippen molar-refractivity contribution in [3.8, 4) is 0 Å². The minimum Gasteiger partial charge on any atom is -0.396 e. The second-order valence-electron chi connectivity index (χ2n) is 12.0. The average Bonchev–Trinajstić information content (AvgIpc) is 3.05. The van der Waals surface area contributed by atoms with Crippen molar-refractivity contribution in [2.24, 2.45) is 52.3 Å². The lowest BCUT2D eigenvalue weighted by Gasteiger charge is -2.64. The van der Waals surface area contributed by atoms with Crippen molar-refractivity contribution in [1.82, 2.24) is 0 Å². The number of aliphatic hydroxyl groups excluding tert-OH is 3. The van der Waals surface area contributed by atoms with Gasteiger partial charge in [0.05, 0.1) is 12.2 Å². The van der Waals surface area contributed by atoms with Crippen molar-refractivity contribution in [1.29, 1.82) is 0 Å². The Morgan fingerprint density at radius 3 is 2.31 bits per heavy atom. The molecule has 0 amide bonds. The topological polar surface area (TPSA) is 60.7 Å². The SMILES string of the molecule is CC[C@@H]1[C@@H](O)[C@@H]2[C@H](CC[C@]3(C)[C@@H]([C@H](C)CCCO)CC[C@@H]23)[C@@]2(C)CC[C@@H](O)C[C@@H]12. The number of fused-ring (bicyclic) bond motifs is 5. The van der Waals surface area contributed by atoms with Crippen molar-refractivity contribution in [2.75, 3.05) is 6.61 Å². The van der Waals surface area contributed by atoms with Crippen LogP contribution in [0.25, 0.3) is 0 Å². The van der Waals surface area contributed by atoms with E-state index in [-0.39, 0.29) is 12.2 Å². The summed E-state index contributed by atoms with van der Waals surface area (Å²) in [7, 11) is 0. The van der Waals surface area contributed by atoms with Crippen molar-refractivity contribution in [3.05, 3.63) is 0 Å². The maximum atomic E-state index is 11.7. The van der Waals surface area contributed by atoms with Gasteiger partial charge in [-0.15, -0.1) is 0 Å². The Kier molecular flexibility index (Phi) is 6.17. The van der Waals surface area contributed by atoms with Crippen LogP contribution in [0.4, 0.5) is 0 Å². The molecular weight excluding hydrogens is 360 g/mol. The molecular formula is C26H46O3. The summed E-state index contributed by atoms with van der Waals surface area (Å²) in [6, 6.07) is 0. The van der Waals surface area contributed by atoms with Crippen LogP contribution in [0.2, 0.25) is 0 Å². The minimum atomic E-state index is -0.190. The molecule has 0 aromatic rings. The maximum Gasteiger partial charge on any atom is 0.0605 e. The molecule has 0 radical (unpaired) electrons. The highest BCUT2D eigenvalue weighted by molar-refractivity contribution is 5.13. The van der Waals surface area contributed by atoms with Gasteiger partial charge in [0.2, 0.25) is 0 Å². The van der Waals surface area contributed by atoms with Gasteiger partial charge in [-0.05, 0) is 110 Å². The Morgan fingerprint density at radius 1 is 0.931 bits per heavy atom. The van der Waals surface area contributed by atoms with Crippen molar-refractivity contribution in [2.45, 2.75) is 104 Å². The molecule has 4 aliphatic rings. The van der Waals surface area contributed by atoms with Crippen LogP contribution < -0.4 is 0 Å². The molecule has 168 valence electrons. The standard InChI is InChI=1S/C26H46O3/c1-5-18-22-15-17(28)10-12-26(22,4)21-11-13-25(3)19(16(2)7-6-14-27)8-9-20(25)23(21)24(18)29/h16-24,27-29H,5-15H2,1-4H3/t16-,17-,18+,19-,20+,21+,22+,23+,24-,25-,26-/m1/s1. The largest absolute Gasteiger partial charge is 0.396 e. The van der Waals surface area contributed by atoms with Gasteiger partial charge < -0.3 is 15.3 Å². The van der Waals surface area contributed by atoms with Crippen molar-refractivity contribution in [3.63, 3.8) is 0 Å². The van der Waals surface area contributed by atoms with E-state index in [0.717, 1.165) is 44.4 Å². The lowest BCUT2D eigenvalue weighted by atomic mass is 9.41. The van der Waals surface area contributed by atoms with Crippen molar-refractivity contribution < 1.29 is 15.3 Å². The van der Waals surface area contributed by atoms with E-state index in [1.165, 1.54) is 25.7 Å². The van der Waals surface area contributed by atoms with Gasteiger partial charge in [0.25, 0.3) is 0 Å². The molecule has 0 spiro atoms. The van der Waals surface area contributed by atoms with Crippen LogP contribution in [0.1, 0.15) is 91.9 Å². The van der Waals surface area contributed by atoms with Gasteiger partial charge in [-0.3, -0.25) is 0 Å². The van der Waals surface area contributed by atoms with Crippen LogP contribution in [0.3, 0.4) is 0 Å². The predicted molar refractivity (Wildman–Crippen MR) is 117 cm³/mol. The third-order valence-electron chi connectivity index (χ3n) is 11.0. The first-order valence-corrected chi connectivity index (χ1v) is 12.7. The van der Waals surface area contributed by atoms with Crippen LogP contribution in [0, 0.1) is 52.3 Å². The summed E-state index contributed by atoms with van der Waals surface area (Å²) in [4.78, 5) is 0. The fraction of sp³-hybridized carbons (Fsp3) is 1.00. The second kappa shape index (κ2) is 8.10. The monoisotopic (exact) mass is 406 g/mol. The third kappa shape index (κ3) is 3.33. The fourth-order valence-corrected chi connectivity index (χ4v) is 9.55. The summed E-state index contributed by atoms with van der Waals surface area (Å²) in [5.41, 5.74) is 0.651. The van der Waals surface area contributed by atoms with E-state index in [2.05, 4.69) is 27.7 Å². The van der Waals surface area contributed by atoms with Crippen LogP contribution >= 0.6 is 0 Å². The zero-order valence-electron chi connectivity index (χ0n) is 19.3. The Labute approximate surface area is 178 Å². The summed E-state index contributed by atoms with van der Waals surface area (Å²) in [6.45, 7) is 10.0. The summed E-state index contributed by atoms with van der Waals surface area (Å²) in [6.07, 6.45) is 10.9. The molecule has 4 rings (SSSR count). The van der Waals surface area contributed by atoms with Crippen LogP contribution in [0.15, 0.2) is 0 Å². The van der Waals surface area contributed by atoms with Gasteiger partial charge in [0.1, 0.15) is 0 Å². The number of rotatable bonds is 5. The summed E-state index contributed by atoms with van der Waals surface area (Å²) >= 11 is 0. The van der Waals surface area contributed by atoms with Crippen LogP contribution in [0.5, 0.6) is 0 Å². The Morgan fingerprint density at radius 2 is 1.62 bits per heavy atom. The zero-order valence-corrected chi connectivity index (χ0v) is 19.3. The highest BCUT2D eigenvalue weighted by Gasteiger charge is 2.64. The normalized spacial score (nSPS) is 53.1. The molecule has 0 heterocycles. The number of aliphatic hydroxyl groups is 3. The highest BCUT2D eigenvalue weighted by Crippen LogP contribution is 2.69. The minimum absolute atomic E-state index is 0.164. The van der Waals surface area contributed by atoms with E-state index >= 15 is 0 Å². The number of hydrogen-bond acceptors (Lipinski definition) is 3. The molecule has 4 saturated carbocycles. The maximum absolute atomic E-state index is 11.7. The second-order valence-corrected chi connectivity index (χ2v) is 12.0. The lowest BCUT2D eigenvalue weighted by molar-refractivity contribution is -0.203. The van der Waals surface area contributed by atoms with Gasteiger partial charge in [-0.1, -0.05) is 34.1 Å². The van der Waals surface area contributed by atoms with Crippen LogP contribution in [-0.4, -0.2) is 34.1 Å². The van der Waals surface area contributed by atoms with E-state index in [0.29, 0.717) is 52.9 Å². The number of hydrogen-bond donors (Lipinski definition) is 3. The van der Waals surface area contributed by atoms with E-state index in [1.54, 1.807) is 0 Å². The Bertz CT molecular complexity index is 578. The van der Waals surface area contributed by atoms with E-state index < -0.39 is 0 Å². The average molecular weight is 407 g/mol. The quantitative estimate of drug-likeness (QED) is 0.601.